The molecule has 0 radical (unpaired) electrons. The number of benzene rings is 2. The zero-order chi connectivity index (χ0) is 15.6. The second-order valence-electron chi connectivity index (χ2n) is 6.53. The maximum atomic E-state index is 13.7. The molecule has 1 nitrogen and oxygen atoms in total. The quantitative estimate of drug-likeness (QED) is 0.736. The lowest BCUT2D eigenvalue weighted by atomic mass is 9.86. The van der Waals surface area contributed by atoms with Crippen molar-refractivity contribution in [1.82, 2.24) is 0 Å². The fourth-order valence-corrected chi connectivity index (χ4v) is 2.26. The van der Waals surface area contributed by atoms with E-state index in [9.17, 15) is 9.18 Å². The smallest absolute Gasteiger partial charge is 0.170 e. The molecule has 0 atom stereocenters. The molecule has 0 saturated carbocycles. The lowest BCUT2D eigenvalue weighted by Gasteiger charge is -2.19. The number of carbonyl (C=O) groups is 1. The first kappa shape index (κ1) is 15.4. The number of rotatable bonds is 3. The van der Waals surface area contributed by atoms with E-state index in [4.69, 9.17) is 0 Å². The van der Waals surface area contributed by atoms with E-state index in [1.807, 2.05) is 31.2 Å². The highest BCUT2D eigenvalue weighted by atomic mass is 19.1. The predicted molar refractivity (Wildman–Crippen MR) is 84.3 cm³/mol. The van der Waals surface area contributed by atoms with E-state index in [0.29, 0.717) is 0 Å². The van der Waals surface area contributed by atoms with E-state index in [2.05, 4.69) is 20.8 Å². The molecule has 0 saturated heterocycles. The highest BCUT2D eigenvalue weighted by Crippen LogP contribution is 2.22. The van der Waals surface area contributed by atoms with Crippen molar-refractivity contribution in [3.63, 3.8) is 0 Å². The van der Waals surface area contributed by atoms with Gasteiger partial charge in [0, 0.05) is 6.42 Å². The van der Waals surface area contributed by atoms with E-state index >= 15 is 0 Å². The molecule has 21 heavy (non-hydrogen) atoms. The van der Waals surface area contributed by atoms with Crippen molar-refractivity contribution in [2.45, 2.75) is 39.5 Å². The Hall–Kier alpha value is -1.96. The monoisotopic (exact) mass is 284 g/mol. The average Bonchev–Trinajstić information content (AvgIpc) is 2.41. The van der Waals surface area contributed by atoms with Crippen LogP contribution < -0.4 is 0 Å². The molecule has 0 spiro atoms. The molecule has 0 amide bonds. The fourth-order valence-electron chi connectivity index (χ4n) is 2.26. The summed E-state index contributed by atoms with van der Waals surface area (Å²) >= 11 is 0. The molecule has 2 rings (SSSR count). The number of halogens is 1. The van der Waals surface area contributed by atoms with Crippen LogP contribution in [0.4, 0.5) is 4.39 Å². The maximum Gasteiger partial charge on any atom is 0.170 e. The summed E-state index contributed by atoms with van der Waals surface area (Å²) in [5.41, 5.74) is 3.29. The molecule has 0 heterocycles. The minimum Gasteiger partial charge on any atom is -0.294 e. The molecule has 110 valence electrons. The first-order chi connectivity index (χ1) is 9.77. The van der Waals surface area contributed by atoms with Crippen LogP contribution in [-0.4, -0.2) is 5.78 Å². The van der Waals surface area contributed by atoms with Crippen molar-refractivity contribution in [3.05, 3.63) is 70.5 Å². The molecule has 0 aliphatic rings. The third-order valence-corrected chi connectivity index (χ3v) is 3.61. The number of ketones is 1. The topological polar surface area (TPSA) is 17.1 Å². The van der Waals surface area contributed by atoms with E-state index in [0.717, 1.165) is 11.1 Å². The highest BCUT2D eigenvalue weighted by Gasteiger charge is 2.15. The normalized spacial score (nSPS) is 11.5. The first-order valence-electron chi connectivity index (χ1n) is 7.16. The summed E-state index contributed by atoms with van der Waals surface area (Å²) in [6, 6.07) is 12.6. The molecule has 2 aromatic carbocycles. The van der Waals surface area contributed by atoms with E-state index in [-0.39, 0.29) is 23.2 Å². The molecule has 0 N–H and O–H groups in total. The van der Waals surface area contributed by atoms with Crippen LogP contribution in [0.25, 0.3) is 0 Å². The van der Waals surface area contributed by atoms with Crippen molar-refractivity contribution >= 4 is 5.78 Å². The Morgan fingerprint density at radius 2 is 1.67 bits per heavy atom. The van der Waals surface area contributed by atoms with Crippen LogP contribution in [0.1, 0.15) is 47.8 Å². The van der Waals surface area contributed by atoms with Crippen molar-refractivity contribution < 1.29 is 9.18 Å². The number of carbonyl (C=O) groups excluding carboxylic acids is 1. The molecule has 2 heteroatoms. The molecule has 0 unspecified atom stereocenters. The van der Waals surface area contributed by atoms with Crippen molar-refractivity contribution in [1.29, 1.82) is 0 Å². The standard InChI is InChI=1S/C19H21FO/c1-13-5-10-17(20)16(11-13)18(21)12-14-6-8-15(9-7-14)19(2,3)4/h5-11H,12H2,1-4H3. The third-order valence-electron chi connectivity index (χ3n) is 3.61. The number of hydrogen-bond donors (Lipinski definition) is 0. The summed E-state index contributed by atoms with van der Waals surface area (Å²) in [7, 11) is 0. The largest absolute Gasteiger partial charge is 0.294 e. The number of aryl methyl sites for hydroxylation is 1. The van der Waals surface area contributed by atoms with Gasteiger partial charge in [0.2, 0.25) is 0 Å². The Morgan fingerprint density at radius 1 is 1.05 bits per heavy atom. The van der Waals surface area contributed by atoms with Gasteiger partial charge in [-0.25, -0.2) is 4.39 Å². The zero-order valence-corrected chi connectivity index (χ0v) is 13.0. The van der Waals surface area contributed by atoms with Crippen LogP contribution in [0.5, 0.6) is 0 Å². The van der Waals surface area contributed by atoms with Gasteiger partial charge in [-0.1, -0.05) is 56.7 Å². The number of hydrogen-bond acceptors (Lipinski definition) is 1. The minimum atomic E-state index is -0.447. The summed E-state index contributed by atoms with van der Waals surface area (Å²) in [6.07, 6.45) is 0.227. The molecule has 0 aliphatic heterocycles. The molecule has 0 fully saturated rings. The van der Waals surface area contributed by atoms with Gasteiger partial charge in [-0.2, -0.15) is 0 Å². The summed E-state index contributed by atoms with van der Waals surface area (Å²) in [5.74, 6) is -0.628. The molecule has 0 aliphatic carbocycles. The van der Waals surface area contributed by atoms with Gasteiger partial charge in [0.25, 0.3) is 0 Å². The van der Waals surface area contributed by atoms with E-state index < -0.39 is 5.82 Å². The lowest BCUT2D eigenvalue weighted by molar-refractivity contribution is 0.0989. The Morgan fingerprint density at radius 3 is 2.24 bits per heavy atom. The molecule has 0 bridgehead atoms. The number of Topliss-reactive ketones (excluding diaryl/α,β-unsaturated/α-hetero) is 1. The van der Waals surface area contributed by atoms with Crippen molar-refractivity contribution in [3.8, 4) is 0 Å². The van der Waals surface area contributed by atoms with Gasteiger partial charge < -0.3 is 0 Å². The lowest BCUT2D eigenvalue weighted by Crippen LogP contribution is -2.11. The maximum absolute atomic E-state index is 13.7. The second kappa shape index (κ2) is 5.80. The van der Waals surface area contributed by atoms with Crippen LogP contribution in [0.3, 0.4) is 0 Å². The van der Waals surface area contributed by atoms with Gasteiger partial charge in [0.05, 0.1) is 5.56 Å². The van der Waals surface area contributed by atoms with Gasteiger partial charge >= 0.3 is 0 Å². The van der Waals surface area contributed by atoms with Gasteiger partial charge in [-0.15, -0.1) is 0 Å². The van der Waals surface area contributed by atoms with Crippen molar-refractivity contribution in [2.24, 2.45) is 0 Å². The van der Waals surface area contributed by atoms with Gasteiger partial charge in [-0.05, 0) is 35.6 Å². The molecule has 0 aromatic heterocycles. The molecular weight excluding hydrogens is 263 g/mol. The van der Waals surface area contributed by atoms with Crippen LogP contribution in [0.15, 0.2) is 42.5 Å². The fraction of sp³-hybridized carbons (Fsp3) is 0.316. The Kier molecular flexibility index (Phi) is 4.26. The van der Waals surface area contributed by atoms with Crippen LogP contribution in [0, 0.1) is 12.7 Å². The van der Waals surface area contributed by atoms with Crippen LogP contribution >= 0.6 is 0 Å². The van der Waals surface area contributed by atoms with Gasteiger partial charge in [-0.3, -0.25) is 4.79 Å². The predicted octanol–water partition coefficient (Wildman–Crippen LogP) is 4.86. The molecule has 2 aromatic rings. The first-order valence-corrected chi connectivity index (χ1v) is 7.16. The summed E-state index contributed by atoms with van der Waals surface area (Å²) in [5, 5.41) is 0. The van der Waals surface area contributed by atoms with E-state index in [1.165, 1.54) is 11.6 Å². The SMILES string of the molecule is Cc1ccc(F)c(C(=O)Cc2ccc(C(C)(C)C)cc2)c1. The van der Waals surface area contributed by atoms with Crippen LogP contribution in [0.2, 0.25) is 0 Å². The summed E-state index contributed by atoms with van der Waals surface area (Å²) in [4.78, 5) is 12.2. The zero-order valence-electron chi connectivity index (χ0n) is 13.0. The Balaban J connectivity index is 2.18. The second-order valence-corrected chi connectivity index (χ2v) is 6.53. The summed E-state index contributed by atoms with van der Waals surface area (Å²) < 4.78 is 13.7. The minimum absolute atomic E-state index is 0.0885. The van der Waals surface area contributed by atoms with Crippen LogP contribution in [-0.2, 0) is 11.8 Å². The molecular formula is C19H21FO. The van der Waals surface area contributed by atoms with Gasteiger partial charge in [0.15, 0.2) is 5.78 Å². The average molecular weight is 284 g/mol. The highest BCUT2D eigenvalue weighted by molar-refractivity contribution is 5.97. The Bertz CT molecular complexity index is 648. The third kappa shape index (κ3) is 3.78. The summed E-state index contributed by atoms with van der Waals surface area (Å²) in [6.45, 7) is 8.30. The van der Waals surface area contributed by atoms with E-state index in [1.54, 1.807) is 12.1 Å². The van der Waals surface area contributed by atoms with Gasteiger partial charge in [0.1, 0.15) is 5.82 Å². The Labute approximate surface area is 125 Å². The van der Waals surface area contributed by atoms with Crippen molar-refractivity contribution in [2.75, 3.05) is 0 Å².